The van der Waals surface area contributed by atoms with Crippen LogP contribution in [0.3, 0.4) is 0 Å². The van der Waals surface area contributed by atoms with Crippen LogP contribution < -0.4 is 0 Å². The lowest BCUT2D eigenvalue weighted by atomic mass is 9.79. The highest BCUT2D eigenvalue weighted by molar-refractivity contribution is 6.27. The Bertz CT molecular complexity index is 3120. The molecule has 2 aromatic rings. The molecular weight excluding hydrogens is 1400 g/mol. The van der Waals surface area contributed by atoms with Gasteiger partial charge in [0.15, 0.2) is 22.7 Å². The molecule has 22 N–H and O–H groups in total. The molecule has 2 aromatic carbocycles. The Morgan fingerprint density at radius 1 is 0.363 bits per heavy atom. The predicted molar refractivity (Wildman–Crippen MR) is 328 cm³/mol. The van der Waals surface area contributed by atoms with Crippen molar-refractivity contribution < 1.29 is 218 Å². The first-order valence-electron chi connectivity index (χ1n) is 26.5. The summed E-state index contributed by atoms with van der Waals surface area (Å²) in [6.07, 6.45) is 2.37. The number of aliphatic carboxylic acids is 20. The van der Waals surface area contributed by atoms with Crippen LogP contribution in [-0.4, -0.2) is 244 Å². The quantitative estimate of drug-likeness (QED) is 0.0278. The number of carbonyl (C=O) groups is 22. The Balaban J connectivity index is -0.000000134. The number of rotatable bonds is 26. The van der Waals surface area contributed by atoms with Crippen LogP contribution in [0.25, 0.3) is 0 Å². The summed E-state index contributed by atoms with van der Waals surface area (Å²) < 4.78 is 0. The first-order valence-corrected chi connectivity index (χ1v) is 26.5. The molecule has 102 heavy (non-hydrogen) atoms. The molecule has 568 valence electrons. The van der Waals surface area contributed by atoms with Crippen LogP contribution in [0.15, 0.2) is 90.0 Å². The van der Waals surface area contributed by atoms with Crippen molar-refractivity contribution in [2.75, 3.05) is 0 Å². The minimum atomic E-state index is -1.82. The van der Waals surface area contributed by atoms with Crippen LogP contribution in [0.4, 0.5) is 0 Å². The minimum Gasteiger partial charge on any atom is -0.481 e. The summed E-state index contributed by atoms with van der Waals surface area (Å²) in [6.45, 7) is 9.85. The summed E-state index contributed by atoms with van der Waals surface area (Å²) in [7, 11) is 0. The van der Waals surface area contributed by atoms with Gasteiger partial charge in [0.25, 0.3) is 0 Å². The second kappa shape index (κ2) is 58.4. The zero-order valence-corrected chi connectivity index (χ0v) is 53.9. The lowest BCUT2D eigenvalue weighted by Crippen LogP contribution is -2.39. The zero-order valence-electron chi connectivity index (χ0n) is 53.9. The number of hydrogen-bond donors (Lipinski definition) is 22. The van der Waals surface area contributed by atoms with Gasteiger partial charge in [0.05, 0.1) is 24.0 Å². The standard InChI is InChI=1S/C9H8O4.C9H16O4.C8H6O4.C6H8O4.C5H8O4.2C4H6O4.2C4H4O4.C3H4O4.C2H2O4/c10-8(11)7(9(12)13)6-4-2-1-3-5-6;1-3-5-9(6-4-2,7(10)11)8(12)13;9-7(10)5-3-1-2-4-6(5)8(11)12;1-3(2)4(5(7)8)6(9)10;1-5(2,3(6)7)4(8)9;1-2(3(5)6)4(7)8;3*5-3(6)1-2-4(7)8;4-2(5)1-3(6)7;3-1(4)2(5)6/h1-5,7H,(H,10,11)(H,12,13);3-6H2,1-2H3,(H,10,11)(H,12,13);1-4H,(H,9,10)(H,11,12);1-2H3,(H,7,8)(H,9,10);1-2H3,(H,6,7)(H,8,9);2H,1H3,(H,5,6)(H,7,8);1-2H2,(H,5,6)(H,7,8);2*1-2H,(H,5,6)(H,7,8);1H2,(H,4,5)(H,6,7);(H,3,4)(H,5,6)/b;;;;;;;2-1+;2-1-;;. The van der Waals surface area contributed by atoms with E-state index in [0.29, 0.717) is 42.7 Å². The van der Waals surface area contributed by atoms with Gasteiger partial charge in [-0.05, 0) is 65.2 Å². The van der Waals surface area contributed by atoms with Crippen LogP contribution in [0, 0.1) is 16.7 Å². The van der Waals surface area contributed by atoms with Gasteiger partial charge in [-0.3, -0.25) is 57.5 Å². The Hall–Kier alpha value is -14.0. The van der Waals surface area contributed by atoms with Gasteiger partial charge in [-0.15, -0.1) is 0 Å². The van der Waals surface area contributed by atoms with Crippen LogP contribution in [0.1, 0.15) is 126 Å². The molecule has 0 spiro atoms. The third kappa shape index (κ3) is 62.1. The second-order valence-electron chi connectivity index (χ2n) is 18.4. The van der Waals surface area contributed by atoms with E-state index in [1.807, 2.05) is 0 Å². The highest BCUT2D eigenvalue weighted by Gasteiger charge is 2.44. The molecule has 0 aromatic heterocycles. The number of allylic oxidation sites excluding steroid dienone is 1. The highest BCUT2D eigenvalue weighted by atomic mass is 16.5. The van der Waals surface area contributed by atoms with Crippen molar-refractivity contribution in [3.63, 3.8) is 0 Å². The monoisotopic (exact) mass is 1470 g/mol. The second-order valence-corrected chi connectivity index (χ2v) is 18.4. The van der Waals surface area contributed by atoms with Gasteiger partial charge in [-0.2, -0.15) is 0 Å². The van der Waals surface area contributed by atoms with Gasteiger partial charge in [0.2, 0.25) is 0 Å². The Labute approximate surface area is 570 Å². The normalized spacial score (nSPS) is 9.46. The number of carboxylic acid groups (broad SMARTS) is 22. The van der Waals surface area contributed by atoms with Crippen molar-refractivity contribution >= 4 is 131 Å². The molecule has 0 saturated heterocycles. The van der Waals surface area contributed by atoms with Crippen LogP contribution in [-0.2, 0) is 95.9 Å². The van der Waals surface area contributed by atoms with Gasteiger partial charge in [0.1, 0.15) is 12.0 Å². The van der Waals surface area contributed by atoms with E-state index in [-0.39, 0.29) is 42.4 Å². The van der Waals surface area contributed by atoms with Gasteiger partial charge in [-0.25, -0.2) is 47.9 Å². The molecule has 0 bridgehead atoms. The first kappa shape index (κ1) is 107. The minimum absolute atomic E-state index is 0.190. The predicted octanol–water partition coefficient (Wildman–Crippen LogP) is 2.29. The van der Waals surface area contributed by atoms with E-state index in [1.54, 1.807) is 32.0 Å². The smallest absolute Gasteiger partial charge is 0.414 e. The van der Waals surface area contributed by atoms with E-state index in [0.717, 1.165) is 20.8 Å². The number of carboxylic acids is 22. The fourth-order valence-electron chi connectivity index (χ4n) is 4.73. The summed E-state index contributed by atoms with van der Waals surface area (Å²) in [5.41, 5.74) is -3.60. The molecule has 0 amide bonds. The lowest BCUT2D eigenvalue weighted by molar-refractivity contribution is -0.167. The Morgan fingerprint density at radius 3 is 0.745 bits per heavy atom. The van der Waals surface area contributed by atoms with E-state index in [2.05, 4.69) is 0 Å². The van der Waals surface area contributed by atoms with E-state index >= 15 is 0 Å². The number of hydrogen-bond acceptors (Lipinski definition) is 22. The van der Waals surface area contributed by atoms with E-state index in [1.165, 1.54) is 50.2 Å². The molecular formula is C58H72O44. The van der Waals surface area contributed by atoms with Crippen molar-refractivity contribution in [2.45, 2.75) is 99.3 Å². The Kier molecular flexibility index (Phi) is 61.1. The SMILES string of the molecule is CC(C(=O)O)C(=O)O.CC(C)(C(=O)O)C(=O)O.CC(C)=C(C(=O)O)C(=O)O.CCCC(CCC)(C(=O)O)C(=O)O.O=C(O)/C=C/C(=O)O.O=C(O)/C=C\C(=O)O.O=C(O)C(=O)O.O=C(O)C(C(=O)O)c1ccccc1.O=C(O)CC(=O)O.O=C(O)CCC(=O)O.O=C(O)c1ccccc1C(=O)O. The fourth-order valence-corrected chi connectivity index (χ4v) is 4.73. The average Bonchev–Trinajstić information content (AvgIpc) is 0.840. The maximum atomic E-state index is 10.9. The van der Waals surface area contributed by atoms with E-state index in [9.17, 15) is 95.9 Å². The Morgan fingerprint density at radius 2 is 0.627 bits per heavy atom. The zero-order chi connectivity index (χ0) is 82.9. The third-order valence-electron chi connectivity index (χ3n) is 9.70. The average molecular weight is 1470 g/mol. The van der Waals surface area contributed by atoms with Crippen LogP contribution in [0.5, 0.6) is 0 Å². The van der Waals surface area contributed by atoms with Crippen molar-refractivity contribution in [3.05, 3.63) is 107 Å². The van der Waals surface area contributed by atoms with Gasteiger partial charge in [0, 0.05) is 24.3 Å². The van der Waals surface area contributed by atoms with Gasteiger partial charge < -0.3 is 112 Å². The van der Waals surface area contributed by atoms with E-state index in [4.69, 9.17) is 122 Å². The topological polar surface area (TPSA) is 821 Å². The van der Waals surface area contributed by atoms with Crippen molar-refractivity contribution in [2.24, 2.45) is 16.7 Å². The molecule has 0 saturated carbocycles. The molecule has 0 heterocycles. The van der Waals surface area contributed by atoms with E-state index < -0.39 is 166 Å². The fraction of sp³-hybridized carbons (Fsp3) is 0.310. The summed E-state index contributed by atoms with van der Waals surface area (Å²) in [5.74, 6) is -31.9. The van der Waals surface area contributed by atoms with Crippen molar-refractivity contribution in [1.82, 2.24) is 0 Å². The molecule has 0 fully saturated rings. The number of benzene rings is 2. The molecule has 0 aliphatic carbocycles. The molecule has 0 aliphatic rings. The third-order valence-corrected chi connectivity index (χ3v) is 9.70. The molecule has 44 nitrogen and oxygen atoms in total. The lowest BCUT2D eigenvalue weighted by Gasteiger charge is -2.23. The summed E-state index contributed by atoms with van der Waals surface area (Å²) in [5, 5.41) is 178. The van der Waals surface area contributed by atoms with Crippen LogP contribution in [0.2, 0.25) is 0 Å². The number of aromatic carboxylic acids is 2. The molecule has 0 aliphatic heterocycles. The van der Waals surface area contributed by atoms with Crippen LogP contribution >= 0.6 is 0 Å². The summed E-state index contributed by atoms with van der Waals surface area (Å²) in [4.78, 5) is 218. The van der Waals surface area contributed by atoms with Gasteiger partial charge in [-0.1, -0.05) is 74.7 Å². The maximum absolute atomic E-state index is 10.9. The molecule has 44 heteroatoms. The van der Waals surface area contributed by atoms with Gasteiger partial charge >= 0.3 is 131 Å². The van der Waals surface area contributed by atoms with Crippen molar-refractivity contribution in [1.29, 1.82) is 0 Å². The first-order chi connectivity index (χ1) is 46.3. The van der Waals surface area contributed by atoms with Crippen molar-refractivity contribution in [3.8, 4) is 0 Å². The molecule has 0 atom stereocenters. The molecule has 0 radical (unpaired) electrons. The summed E-state index contributed by atoms with van der Waals surface area (Å²) >= 11 is 0. The largest absolute Gasteiger partial charge is 0.481 e. The highest BCUT2D eigenvalue weighted by Crippen LogP contribution is 2.30. The molecule has 0 unspecified atom stereocenters. The summed E-state index contributed by atoms with van der Waals surface area (Å²) in [6, 6.07) is 13.3. The maximum Gasteiger partial charge on any atom is 0.414 e. The molecule has 2 rings (SSSR count).